The maximum Gasteiger partial charge on any atom is 0.306 e. The summed E-state index contributed by atoms with van der Waals surface area (Å²) in [4.78, 5) is 11.8. The Balaban J connectivity index is 1.97. The fourth-order valence-corrected chi connectivity index (χ4v) is 3.83. The molecule has 1 heterocycles. The number of carbonyl (C=O) groups is 1. The number of esters is 1. The molecule has 0 radical (unpaired) electrons. The van der Waals surface area contributed by atoms with Gasteiger partial charge in [0.15, 0.2) is 0 Å². The van der Waals surface area contributed by atoms with Crippen LogP contribution in [0.3, 0.4) is 0 Å². The molecule has 0 unspecified atom stereocenters. The van der Waals surface area contributed by atoms with Gasteiger partial charge in [-0.05, 0) is 55.0 Å². The average Bonchev–Trinajstić information content (AvgIpc) is 2.93. The number of para-hydroxylation sites is 1. The van der Waals surface area contributed by atoms with Crippen molar-refractivity contribution < 1.29 is 14.6 Å². The van der Waals surface area contributed by atoms with Crippen LogP contribution in [0.2, 0.25) is 0 Å². The van der Waals surface area contributed by atoms with Gasteiger partial charge in [0.05, 0.1) is 6.61 Å². The lowest BCUT2D eigenvalue weighted by Gasteiger charge is -2.13. The molecule has 148 valence electrons. The quantitative estimate of drug-likeness (QED) is 0.565. The van der Waals surface area contributed by atoms with Crippen molar-refractivity contribution in [3.8, 4) is 5.75 Å². The summed E-state index contributed by atoms with van der Waals surface area (Å²) in [6.45, 7) is 9.26. The predicted octanol–water partition coefficient (Wildman–Crippen LogP) is 5.32. The topological polar surface area (TPSA) is 51.5 Å². The van der Waals surface area contributed by atoms with Gasteiger partial charge in [-0.2, -0.15) is 0 Å². The van der Waals surface area contributed by atoms with E-state index in [0.717, 1.165) is 23.2 Å². The van der Waals surface area contributed by atoms with Crippen molar-refractivity contribution in [2.75, 3.05) is 6.61 Å². The van der Waals surface area contributed by atoms with Gasteiger partial charge >= 0.3 is 5.97 Å². The summed E-state index contributed by atoms with van der Waals surface area (Å²) < 4.78 is 7.39. The Bertz CT molecular complexity index is 985. The first-order valence-corrected chi connectivity index (χ1v) is 9.96. The number of fused-ring (bicyclic) bond motifs is 1. The summed E-state index contributed by atoms with van der Waals surface area (Å²) in [6.07, 6.45) is 1.06. The molecule has 0 saturated carbocycles. The highest BCUT2D eigenvalue weighted by Crippen LogP contribution is 2.30. The molecular formula is C24H29NO3. The molecule has 1 N–H and O–H groups in total. The third-order valence-electron chi connectivity index (χ3n) is 5.30. The Kier molecular flexibility index (Phi) is 6.08. The van der Waals surface area contributed by atoms with Gasteiger partial charge in [0.25, 0.3) is 0 Å². The van der Waals surface area contributed by atoms with Gasteiger partial charge < -0.3 is 14.4 Å². The molecule has 3 rings (SSSR count). The summed E-state index contributed by atoms with van der Waals surface area (Å²) in [5.74, 6) is 0.462. The molecule has 0 aliphatic heterocycles. The fourth-order valence-electron chi connectivity index (χ4n) is 3.83. The number of hydrogen-bond acceptors (Lipinski definition) is 3. The lowest BCUT2D eigenvalue weighted by Crippen LogP contribution is -2.06. The highest BCUT2D eigenvalue weighted by Gasteiger charge is 2.16. The fraction of sp³-hybridized carbons (Fsp3) is 0.375. The summed E-state index contributed by atoms with van der Waals surface area (Å²) in [5.41, 5.74) is 5.66. The van der Waals surface area contributed by atoms with Gasteiger partial charge in [0.1, 0.15) is 5.75 Å². The van der Waals surface area contributed by atoms with Crippen molar-refractivity contribution >= 4 is 16.9 Å². The molecule has 2 aromatic carbocycles. The Morgan fingerprint density at radius 2 is 1.93 bits per heavy atom. The first-order chi connectivity index (χ1) is 13.4. The van der Waals surface area contributed by atoms with Crippen LogP contribution in [0.1, 0.15) is 55.5 Å². The first-order valence-electron chi connectivity index (χ1n) is 9.96. The van der Waals surface area contributed by atoms with Crippen LogP contribution in [-0.4, -0.2) is 22.2 Å². The lowest BCUT2D eigenvalue weighted by molar-refractivity contribution is -0.143. The zero-order valence-electron chi connectivity index (χ0n) is 17.2. The monoisotopic (exact) mass is 379 g/mol. The maximum atomic E-state index is 11.8. The molecule has 3 aromatic rings. The highest BCUT2D eigenvalue weighted by atomic mass is 16.5. The van der Waals surface area contributed by atoms with Gasteiger partial charge in [0, 0.05) is 29.6 Å². The molecule has 0 aliphatic rings. The van der Waals surface area contributed by atoms with E-state index in [-0.39, 0.29) is 11.9 Å². The lowest BCUT2D eigenvalue weighted by atomic mass is 9.99. The van der Waals surface area contributed by atoms with Gasteiger partial charge in [-0.15, -0.1) is 0 Å². The second kappa shape index (κ2) is 8.51. The van der Waals surface area contributed by atoms with Crippen LogP contribution < -0.4 is 0 Å². The number of ether oxygens (including phenoxy) is 1. The molecule has 0 bridgehead atoms. The van der Waals surface area contributed by atoms with E-state index in [1.54, 1.807) is 6.07 Å². The van der Waals surface area contributed by atoms with Crippen LogP contribution in [0.5, 0.6) is 5.75 Å². The number of nitrogens with zero attached hydrogens (tertiary/aromatic N) is 1. The van der Waals surface area contributed by atoms with Gasteiger partial charge in [-0.25, -0.2) is 0 Å². The van der Waals surface area contributed by atoms with Gasteiger partial charge in [0.2, 0.25) is 0 Å². The zero-order valence-corrected chi connectivity index (χ0v) is 17.2. The van der Waals surface area contributed by atoms with Crippen molar-refractivity contribution in [3.63, 3.8) is 0 Å². The van der Waals surface area contributed by atoms with Gasteiger partial charge in [-0.1, -0.05) is 44.2 Å². The van der Waals surface area contributed by atoms with E-state index in [9.17, 15) is 9.90 Å². The molecule has 4 nitrogen and oxygen atoms in total. The Morgan fingerprint density at radius 3 is 2.64 bits per heavy atom. The minimum atomic E-state index is -0.154. The van der Waals surface area contributed by atoms with Crippen molar-refractivity contribution in [1.82, 2.24) is 4.57 Å². The molecule has 0 atom stereocenters. The molecule has 1 aromatic heterocycles. The number of aromatic nitrogens is 1. The van der Waals surface area contributed by atoms with Crippen molar-refractivity contribution in [2.24, 2.45) is 0 Å². The van der Waals surface area contributed by atoms with Crippen LogP contribution in [0, 0.1) is 6.92 Å². The third kappa shape index (κ3) is 4.06. The summed E-state index contributed by atoms with van der Waals surface area (Å²) >= 11 is 0. The normalized spacial score (nSPS) is 11.3. The zero-order chi connectivity index (χ0) is 20.3. The average molecular weight is 380 g/mol. The SMILES string of the molecule is CCOC(=O)CCc1c(C)n(Cc2ccc(O)c(C(C)C)c2)c2ccccc12. The van der Waals surface area contributed by atoms with E-state index in [1.165, 1.54) is 16.6 Å². The van der Waals surface area contributed by atoms with E-state index >= 15 is 0 Å². The number of benzene rings is 2. The molecule has 0 fully saturated rings. The van der Waals surface area contributed by atoms with Gasteiger partial charge in [-0.3, -0.25) is 4.79 Å². The van der Waals surface area contributed by atoms with E-state index < -0.39 is 0 Å². The second-order valence-corrected chi connectivity index (χ2v) is 7.52. The number of phenolic OH excluding ortho intramolecular Hbond substituents is 1. The first kappa shape index (κ1) is 20.0. The Hall–Kier alpha value is -2.75. The van der Waals surface area contributed by atoms with Crippen molar-refractivity contribution in [1.29, 1.82) is 0 Å². The van der Waals surface area contributed by atoms with E-state index in [4.69, 9.17) is 4.74 Å². The molecule has 0 amide bonds. The predicted molar refractivity (Wildman–Crippen MR) is 113 cm³/mol. The smallest absolute Gasteiger partial charge is 0.306 e. The summed E-state index contributed by atoms with van der Waals surface area (Å²) in [5, 5.41) is 11.3. The van der Waals surface area contributed by atoms with Crippen LogP contribution in [0.15, 0.2) is 42.5 Å². The Labute approximate surface area is 166 Å². The highest BCUT2D eigenvalue weighted by molar-refractivity contribution is 5.86. The third-order valence-corrected chi connectivity index (χ3v) is 5.30. The van der Waals surface area contributed by atoms with Crippen LogP contribution in [0.25, 0.3) is 10.9 Å². The Morgan fingerprint density at radius 1 is 1.18 bits per heavy atom. The number of carbonyl (C=O) groups excluding carboxylic acids is 1. The minimum Gasteiger partial charge on any atom is -0.508 e. The van der Waals surface area contributed by atoms with Crippen molar-refractivity contribution in [3.05, 3.63) is 64.8 Å². The summed E-state index contributed by atoms with van der Waals surface area (Å²) in [6, 6.07) is 14.2. The summed E-state index contributed by atoms with van der Waals surface area (Å²) in [7, 11) is 0. The number of hydrogen-bond donors (Lipinski definition) is 1. The second-order valence-electron chi connectivity index (χ2n) is 7.52. The number of phenols is 1. The van der Waals surface area contributed by atoms with Crippen LogP contribution >= 0.6 is 0 Å². The maximum absolute atomic E-state index is 11.8. The van der Waals surface area contributed by atoms with Crippen LogP contribution in [0.4, 0.5) is 0 Å². The number of rotatable bonds is 7. The molecule has 0 spiro atoms. The van der Waals surface area contributed by atoms with Crippen LogP contribution in [-0.2, 0) is 22.5 Å². The molecule has 0 saturated heterocycles. The number of aromatic hydroxyl groups is 1. The molecule has 0 aliphatic carbocycles. The molecule has 28 heavy (non-hydrogen) atoms. The van der Waals surface area contributed by atoms with Crippen molar-refractivity contribution in [2.45, 2.75) is 53.0 Å². The molecular weight excluding hydrogens is 350 g/mol. The van der Waals surface area contributed by atoms with E-state index in [2.05, 4.69) is 43.5 Å². The van der Waals surface area contributed by atoms with E-state index in [1.807, 2.05) is 25.1 Å². The molecule has 4 heteroatoms. The standard InChI is InChI=1S/C24H29NO3/c1-5-28-24(27)13-11-19-17(4)25(22-9-7-6-8-20(19)22)15-18-10-12-23(26)21(14-18)16(2)3/h6-10,12,14,16,26H,5,11,13,15H2,1-4H3. The number of aryl methyl sites for hydroxylation is 1. The minimum absolute atomic E-state index is 0.154. The van der Waals surface area contributed by atoms with E-state index in [0.29, 0.717) is 25.2 Å². The largest absolute Gasteiger partial charge is 0.508 e.